The van der Waals surface area contributed by atoms with E-state index in [4.69, 9.17) is 18.3 Å². The van der Waals surface area contributed by atoms with Crippen LogP contribution in [0.5, 0.6) is 0 Å². The molecule has 1 N–H and O–H groups in total. The minimum atomic E-state index is -1.91. The lowest BCUT2D eigenvalue weighted by Gasteiger charge is -2.40. The third-order valence-electron chi connectivity index (χ3n) is 8.47. The highest BCUT2D eigenvalue weighted by Crippen LogP contribution is 2.40. The molecule has 188 valence electrons. The molecule has 32 heavy (non-hydrogen) atoms. The predicted octanol–water partition coefficient (Wildman–Crippen LogP) is 5.90. The Labute approximate surface area is 199 Å². The Bertz CT molecular complexity index is 593. The van der Waals surface area contributed by atoms with E-state index in [1.54, 1.807) is 0 Å². The molecule has 7 atom stereocenters. The average molecular weight is 487 g/mol. The van der Waals surface area contributed by atoms with Crippen molar-refractivity contribution in [3.63, 3.8) is 0 Å². The van der Waals surface area contributed by atoms with Gasteiger partial charge in [-0.15, -0.1) is 6.58 Å². The topological polar surface area (TPSA) is 57.2 Å². The molecule has 0 spiro atoms. The second-order valence-corrected chi connectivity index (χ2v) is 21.0. The van der Waals surface area contributed by atoms with E-state index in [-0.39, 0.29) is 41.5 Å². The van der Waals surface area contributed by atoms with Crippen LogP contribution in [-0.4, -0.2) is 65.0 Å². The van der Waals surface area contributed by atoms with Crippen molar-refractivity contribution in [2.24, 2.45) is 5.92 Å². The molecule has 2 rings (SSSR count). The van der Waals surface area contributed by atoms with Gasteiger partial charge >= 0.3 is 0 Å². The second-order valence-electron chi connectivity index (χ2n) is 11.5. The molecule has 5 nitrogen and oxygen atoms in total. The van der Waals surface area contributed by atoms with E-state index >= 15 is 0 Å². The van der Waals surface area contributed by atoms with Crippen LogP contribution in [0.15, 0.2) is 12.7 Å². The number of rotatable bonds is 11. The van der Waals surface area contributed by atoms with Crippen molar-refractivity contribution in [1.82, 2.24) is 0 Å². The largest absolute Gasteiger partial charge is 0.414 e. The minimum Gasteiger partial charge on any atom is -0.414 e. The van der Waals surface area contributed by atoms with Gasteiger partial charge in [-0.05, 0) is 36.3 Å². The molecule has 0 amide bonds. The van der Waals surface area contributed by atoms with Gasteiger partial charge in [0.25, 0.3) is 0 Å². The molecule has 2 saturated heterocycles. The highest BCUT2D eigenvalue weighted by Gasteiger charge is 2.49. The molecule has 0 aliphatic carbocycles. The summed E-state index contributed by atoms with van der Waals surface area (Å²) in [6, 6.07) is 3.30. The Balaban J connectivity index is 2.20. The molecule has 0 aromatic heterocycles. The zero-order valence-corrected chi connectivity index (χ0v) is 24.1. The SMILES string of the molecule is C=C[C@H](C)[C@@H]1O[C@@H]2CC(C(CO[Si](C)(C)C(C)(C)C)O[Si](CC)(CC)CC)O[C@@H]2C[C@@H]1O. The Hall–Kier alpha value is -0.0262. The van der Waals surface area contributed by atoms with Gasteiger partial charge in [0.2, 0.25) is 0 Å². The van der Waals surface area contributed by atoms with Gasteiger partial charge in [-0.25, -0.2) is 0 Å². The van der Waals surface area contributed by atoms with Crippen LogP contribution in [0.4, 0.5) is 0 Å². The van der Waals surface area contributed by atoms with Crippen molar-refractivity contribution in [2.45, 2.75) is 134 Å². The summed E-state index contributed by atoms with van der Waals surface area (Å²) in [6.07, 6.45) is 2.30. The molecule has 2 fully saturated rings. The molecule has 2 aliphatic heterocycles. The van der Waals surface area contributed by atoms with E-state index < -0.39 is 22.7 Å². The Kier molecular flexibility index (Phi) is 9.82. The van der Waals surface area contributed by atoms with E-state index in [0.717, 1.165) is 24.6 Å². The Morgan fingerprint density at radius 3 is 2.12 bits per heavy atom. The fourth-order valence-corrected chi connectivity index (χ4v) is 8.53. The van der Waals surface area contributed by atoms with Gasteiger partial charge in [-0.3, -0.25) is 0 Å². The fraction of sp³-hybridized carbons (Fsp3) is 0.920. The lowest BCUT2D eigenvalue weighted by Crippen LogP contribution is -2.49. The Morgan fingerprint density at radius 2 is 1.62 bits per heavy atom. The first-order valence-corrected chi connectivity index (χ1v) is 18.2. The number of hydrogen-bond acceptors (Lipinski definition) is 5. The maximum absolute atomic E-state index is 10.6. The van der Waals surface area contributed by atoms with Crippen molar-refractivity contribution in [2.75, 3.05) is 6.61 Å². The number of aliphatic hydroxyl groups excluding tert-OH is 1. The molecule has 0 aromatic carbocycles. The highest BCUT2D eigenvalue weighted by atomic mass is 28.4. The molecule has 2 aliphatic rings. The molecule has 0 aromatic rings. The van der Waals surface area contributed by atoms with E-state index in [2.05, 4.69) is 68.1 Å². The van der Waals surface area contributed by atoms with Crippen LogP contribution in [0.3, 0.4) is 0 Å². The third-order valence-corrected chi connectivity index (χ3v) is 17.6. The van der Waals surface area contributed by atoms with Gasteiger partial charge in [0.05, 0.1) is 43.2 Å². The van der Waals surface area contributed by atoms with Crippen molar-refractivity contribution < 1.29 is 23.4 Å². The van der Waals surface area contributed by atoms with Crippen molar-refractivity contribution in [3.8, 4) is 0 Å². The van der Waals surface area contributed by atoms with Crippen LogP contribution in [0.25, 0.3) is 0 Å². The van der Waals surface area contributed by atoms with Crippen LogP contribution in [-0.2, 0) is 18.3 Å². The van der Waals surface area contributed by atoms with E-state index in [0.29, 0.717) is 13.0 Å². The standard InChI is InChI=1S/C25H50O5Si2/c1-11-18(5)24-19(26)15-20-21(29-24)16-22(28-20)23(30-32(12-2,13-3)14-4)17-27-31(9,10)25(6,7)8/h11,18-24,26H,1,12-17H2,2-10H3/t18-,19-,20+,21+,22?,23?,24-/m0/s1. The van der Waals surface area contributed by atoms with Gasteiger partial charge in [0.1, 0.15) is 0 Å². The van der Waals surface area contributed by atoms with Crippen LogP contribution in [0.1, 0.15) is 61.3 Å². The summed E-state index contributed by atoms with van der Waals surface area (Å²) in [5.41, 5.74) is 0. The van der Waals surface area contributed by atoms with E-state index in [1.807, 2.05) is 6.08 Å². The summed E-state index contributed by atoms with van der Waals surface area (Å²) in [6.45, 7) is 24.7. The number of fused-ring (bicyclic) bond motifs is 1. The van der Waals surface area contributed by atoms with Gasteiger partial charge in [0, 0.05) is 18.8 Å². The maximum Gasteiger partial charge on any atom is 0.192 e. The molecule has 2 unspecified atom stereocenters. The van der Waals surface area contributed by atoms with Gasteiger partial charge in [-0.1, -0.05) is 54.5 Å². The lowest BCUT2D eigenvalue weighted by atomic mass is 9.90. The van der Waals surface area contributed by atoms with Gasteiger partial charge in [-0.2, -0.15) is 0 Å². The first-order chi connectivity index (χ1) is 14.8. The lowest BCUT2D eigenvalue weighted by molar-refractivity contribution is -0.166. The summed E-state index contributed by atoms with van der Waals surface area (Å²) in [7, 11) is -3.74. The highest BCUT2D eigenvalue weighted by molar-refractivity contribution is 6.74. The van der Waals surface area contributed by atoms with Crippen LogP contribution in [0, 0.1) is 5.92 Å². The van der Waals surface area contributed by atoms with Crippen LogP contribution >= 0.6 is 0 Å². The first-order valence-electron chi connectivity index (χ1n) is 12.8. The molecule has 2 heterocycles. The predicted molar refractivity (Wildman–Crippen MR) is 137 cm³/mol. The van der Waals surface area contributed by atoms with Crippen molar-refractivity contribution >= 4 is 16.6 Å². The van der Waals surface area contributed by atoms with Gasteiger partial charge < -0.3 is 23.4 Å². The van der Waals surface area contributed by atoms with Gasteiger partial charge in [0.15, 0.2) is 16.6 Å². The quantitative estimate of drug-likeness (QED) is 0.291. The Morgan fingerprint density at radius 1 is 1.06 bits per heavy atom. The summed E-state index contributed by atoms with van der Waals surface area (Å²) >= 11 is 0. The van der Waals surface area contributed by atoms with Crippen molar-refractivity contribution in [3.05, 3.63) is 12.7 Å². The first kappa shape index (κ1) is 28.2. The molecule has 0 radical (unpaired) electrons. The average Bonchev–Trinajstić information content (AvgIpc) is 3.15. The summed E-state index contributed by atoms with van der Waals surface area (Å²) in [4.78, 5) is 0. The maximum atomic E-state index is 10.6. The van der Waals surface area contributed by atoms with E-state index in [9.17, 15) is 5.11 Å². The molecule has 0 saturated carbocycles. The zero-order valence-electron chi connectivity index (χ0n) is 22.1. The zero-order chi connectivity index (χ0) is 24.3. The van der Waals surface area contributed by atoms with E-state index in [1.165, 1.54) is 0 Å². The molecule has 7 heteroatoms. The summed E-state index contributed by atoms with van der Waals surface area (Å²) in [5.74, 6) is 0.110. The summed E-state index contributed by atoms with van der Waals surface area (Å²) < 4.78 is 26.5. The van der Waals surface area contributed by atoms with Crippen LogP contribution < -0.4 is 0 Å². The molecule has 0 bridgehead atoms. The van der Waals surface area contributed by atoms with Crippen LogP contribution in [0.2, 0.25) is 36.3 Å². The molecular weight excluding hydrogens is 436 g/mol. The minimum absolute atomic E-state index is 0.00397. The number of aliphatic hydroxyl groups is 1. The summed E-state index contributed by atoms with van der Waals surface area (Å²) in [5, 5.41) is 10.8. The number of hydrogen-bond donors (Lipinski definition) is 1. The normalized spacial score (nSPS) is 31.2. The monoisotopic (exact) mass is 486 g/mol. The van der Waals surface area contributed by atoms with Crippen molar-refractivity contribution in [1.29, 1.82) is 0 Å². The smallest absolute Gasteiger partial charge is 0.192 e. The fourth-order valence-electron chi connectivity index (χ4n) is 4.66. The third kappa shape index (κ3) is 6.35. The second kappa shape index (κ2) is 11.1. The molecular formula is C25H50O5Si2. The number of ether oxygens (including phenoxy) is 2.